The van der Waals surface area contributed by atoms with Gasteiger partial charge in [0.05, 0.1) is 13.7 Å². The molecule has 0 saturated carbocycles. The summed E-state index contributed by atoms with van der Waals surface area (Å²) < 4.78 is 10.9. The summed E-state index contributed by atoms with van der Waals surface area (Å²) in [7, 11) is 1.63. The number of benzene rings is 2. The van der Waals surface area contributed by atoms with Gasteiger partial charge in [-0.15, -0.1) is 0 Å². The molecule has 7 nitrogen and oxygen atoms in total. The van der Waals surface area contributed by atoms with Crippen molar-refractivity contribution >= 4 is 11.5 Å². The Labute approximate surface area is 180 Å². The number of aliphatic carboxylic acids is 1. The summed E-state index contributed by atoms with van der Waals surface area (Å²) in [4.78, 5) is 17.8. The number of allylic oxidation sites excluding steroid dienone is 1. The zero-order chi connectivity index (χ0) is 21.4. The van der Waals surface area contributed by atoms with Crippen LogP contribution in [-0.4, -0.2) is 52.9 Å². The van der Waals surface area contributed by atoms with Gasteiger partial charge in [0.25, 0.3) is 5.89 Å². The predicted octanol–water partition coefficient (Wildman–Crippen LogP) is 3.61. The summed E-state index contributed by atoms with van der Waals surface area (Å²) in [6.07, 6.45) is 3.97. The van der Waals surface area contributed by atoms with E-state index in [0.29, 0.717) is 11.7 Å². The minimum Gasteiger partial charge on any atom is -0.497 e. The van der Waals surface area contributed by atoms with Crippen molar-refractivity contribution in [1.82, 2.24) is 15.0 Å². The third-order valence-corrected chi connectivity index (χ3v) is 6.29. The minimum absolute atomic E-state index is 0.0865. The molecule has 1 spiro atoms. The van der Waals surface area contributed by atoms with Crippen LogP contribution < -0.4 is 4.74 Å². The topological polar surface area (TPSA) is 88.7 Å². The number of hydrogen-bond donors (Lipinski definition) is 1. The summed E-state index contributed by atoms with van der Waals surface area (Å²) in [5.41, 5.74) is 4.05. The van der Waals surface area contributed by atoms with E-state index in [0.717, 1.165) is 48.4 Å². The lowest BCUT2D eigenvalue weighted by Gasteiger charge is -2.38. The van der Waals surface area contributed by atoms with Gasteiger partial charge in [0, 0.05) is 16.6 Å². The molecule has 0 unspecified atom stereocenters. The van der Waals surface area contributed by atoms with E-state index >= 15 is 0 Å². The maximum atomic E-state index is 11.1. The molecule has 158 valence electrons. The SMILES string of the molecule is COc1ccc(-c2noc(C3=CC4(CCN(CC(=O)O)CC4)c4ccccc43)n2)cc1. The molecule has 1 aromatic heterocycles. The van der Waals surface area contributed by atoms with E-state index in [4.69, 9.17) is 14.4 Å². The number of aromatic nitrogens is 2. The molecule has 0 radical (unpaired) electrons. The number of carboxylic acids is 1. The quantitative estimate of drug-likeness (QED) is 0.678. The molecule has 7 heteroatoms. The number of carboxylic acid groups (broad SMARTS) is 1. The molecule has 0 atom stereocenters. The van der Waals surface area contributed by atoms with Crippen LogP contribution in [0.25, 0.3) is 17.0 Å². The van der Waals surface area contributed by atoms with Crippen molar-refractivity contribution in [3.05, 3.63) is 71.6 Å². The highest BCUT2D eigenvalue weighted by Crippen LogP contribution is 2.48. The number of likely N-dealkylation sites (tertiary alicyclic amines) is 1. The zero-order valence-electron chi connectivity index (χ0n) is 17.2. The fraction of sp³-hybridized carbons (Fsp3) is 0.292. The number of piperidine rings is 1. The number of fused-ring (bicyclic) bond motifs is 2. The van der Waals surface area contributed by atoms with E-state index in [-0.39, 0.29) is 12.0 Å². The van der Waals surface area contributed by atoms with Crippen LogP contribution in [0.3, 0.4) is 0 Å². The molecule has 0 amide bonds. The average Bonchev–Trinajstić information content (AvgIpc) is 3.39. The molecule has 31 heavy (non-hydrogen) atoms. The number of methoxy groups -OCH3 is 1. The molecule has 1 N–H and O–H groups in total. The first-order valence-corrected chi connectivity index (χ1v) is 10.3. The molecule has 0 bridgehead atoms. The number of ether oxygens (including phenoxy) is 1. The summed E-state index contributed by atoms with van der Waals surface area (Å²) >= 11 is 0. The molecule has 1 fully saturated rings. The average molecular weight is 417 g/mol. The number of carbonyl (C=O) groups is 1. The summed E-state index contributed by atoms with van der Waals surface area (Å²) in [6.45, 7) is 1.57. The Morgan fingerprint density at radius 2 is 1.90 bits per heavy atom. The van der Waals surface area contributed by atoms with Crippen LogP contribution in [-0.2, 0) is 10.2 Å². The van der Waals surface area contributed by atoms with E-state index < -0.39 is 5.97 Å². The van der Waals surface area contributed by atoms with Crippen LogP contribution in [0.4, 0.5) is 0 Å². The summed E-state index contributed by atoms with van der Waals surface area (Å²) in [6, 6.07) is 15.9. The van der Waals surface area contributed by atoms with Crippen LogP contribution in [0.2, 0.25) is 0 Å². The first-order valence-electron chi connectivity index (χ1n) is 10.3. The molecule has 3 aromatic rings. The molecular weight excluding hydrogens is 394 g/mol. The van der Waals surface area contributed by atoms with Crippen LogP contribution >= 0.6 is 0 Å². The molecule has 2 aliphatic rings. The van der Waals surface area contributed by atoms with Crippen molar-refractivity contribution in [2.24, 2.45) is 0 Å². The maximum Gasteiger partial charge on any atom is 0.317 e. The molecular formula is C24H23N3O4. The van der Waals surface area contributed by atoms with Gasteiger partial charge < -0.3 is 14.4 Å². The fourth-order valence-corrected chi connectivity index (χ4v) is 4.67. The van der Waals surface area contributed by atoms with Crippen LogP contribution in [0.15, 0.2) is 59.1 Å². The van der Waals surface area contributed by atoms with Gasteiger partial charge in [-0.05, 0) is 61.3 Å². The van der Waals surface area contributed by atoms with Crippen molar-refractivity contribution in [3.8, 4) is 17.1 Å². The van der Waals surface area contributed by atoms with Crippen LogP contribution in [0, 0.1) is 0 Å². The van der Waals surface area contributed by atoms with Gasteiger partial charge in [-0.3, -0.25) is 9.69 Å². The Morgan fingerprint density at radius 1 is 1.16 bits per heavy atom. The van der Waals surface area contributed by atoms with Gasteiger partial charge in [0.2, 0.25) is 5.82 Å². The highest BCUT2D eigenvalue weighted by Gasteiger charge is 2.42. The summed E-state index contributed by atoms with van der Waals surface area (Å²) in [5, 5.41) is 13.3. The lowest BCUT2D eigenvalue weighted by molar-refractivity contribution is -0.138. The Bertz CT molecular complexity index is 1140. The van der Waals surface area contributed by atoms with Gasteiger partial charge in [0.1, 0.15) is 5.75 Å². The Balaban J connectivity index is 1.46. The Morgan fingerprint density at radius 3 is 2.61 bits per heavy atom. The van der Waals surface area contributed by atoms with Gasteiger partial charge in [-0.2, -0.15) is 4.98 Å². The zero-order valence-corrected chi connectivity index (χ0v) is 17.2. The van der Waals surface area contributed by atoms with Crippen molar-refractivity contribution in [1.29, 1.82) is 0 Å². The lowest BCUT2D eigenvalue weighted by atomic mass is 9.74. The third kappa shape index (κ3) is 3.51. The highest BCUT2D eigenvalue weighted by atomic mass is 16.5. The number of rotatable bonds is 5. The molecule has 1 aliphatic carbocycles. The molecule has 1 saturated heterocycles. The molecule has 5 rings (SSSR count). The van der Waals surface area contributed by atoms with Gasteiger partial charge in [0.15, 0.2) is 0 Å². The minimum atomic E-state index is -0.782. The van der Waals surface area contributed by atoms with Gasteiger partial charge in [-0.1, -0.05) is 35.5 Å². The first-order chi connectivity index (χ1) is 15.1. The second-order valence-electron chi connectivity index (χ2n) is 8.08. The summed E-state index contributed by atoms with van der Waals surface area (Å²) in [5.74, 6) is 1.03. The second-order valence-corrected chi connectivity index (χ2v) is 8.08. The van der Waals surface area contributed by atoms with Gasteiger partial charge >= 0.3 is 5.97 Å². The standard InChI is InChI=1S/C24H23N3O4/c1-30-17-8-6-16(7-9-17)22-25-23(31-26-22)19-14-24(20-5-3-2-4-18(19)20)10-12-27(13-11-24)15-21(28)29/h2-9,14H,10-13,15H2,1H3,(H,28,29). The van der Waals surface area contributed by atoms with E-state index in [2.05, 4.69) is 34.4 Å². The van der Waals surface area contributed by atoms with Crippen molar-refractivity contribution in [2.75, 3.05) is 26.7 Å². The van der Waals surface area contributed by atoms with Crippen molar-refractivity contribution < 1.29 is 19.2 Å². The third-order valence-electron chi connectivity index (χ3n) is 6.29. The van der Waals surface area contributed by atoms with E-state index in [1.807, 2.05) is 35.2 Å². The number of hydrogen-bond acceptors (Lipinski definition) is 6. The van der Waals surface area contributed by atoms with Crippen molar-refractivity contribution in [2.45, 2.75) is 18.3 Å². The van der Waals surface area contributed by atoms with Crippen molar-refractivity contribution in [3.63, 3.8) is 0 Å². The van der Waals surface area contributed by atoms with Gasteiger partial charge in [-0.25, -0.2) is 0 Å². The Kier molecular flexibility index (Phi) is 4.82. The largest absolute Gasteiger partial charge is 0.497 e. The second kappa shape index (κ2) is 7.67. The van der Waals surface area contributed by atoms with Crippen LogP contribution in [0.1, 0.15) is 29.9 Å². The fourth-order valence-electron chi connectivity index (χ4n) is 4.67. The molecule has 2 aromatic carbocycles. The normalized spacial score (nSPS) is 17.4. The smallest absolute Gasteiger partial charge is 0.317 e. The molecule has 1 aliphatic heterocycles. The van der Waals surface area contributed by atoms with E-state index in [1.54, 1.807) is 7.11 Å². The Hall–Kier alpha value is -3.45. The predicted molar refractivity (Wildman–Crippen MR) is 115 cm³/mol. The van der Waals surface area contributed by atoms with Crippen LogP contribution in [0.5, 0.6) is 5.75 Å². The maximum absolute atomic E-state index is 11.1. The molecule has 2 heterocycles. The van der Waals surface area contributed by atoms with E-state index in [1.165, 1.54) is 5.56 Å². The van der Waals surface area contributed by atoms with E-state index in [9.17, 15) is 4.79 Å². The lowest BCUT2D eigenvalue weighted by Crippen LogP contribution is -2.43. The first kappa shape index (κ1) is 19.5. The number of nitrogens with zero attached hydrogens (tertiary/aromatic N) is 3. The monoisotopic (exact) mass is 417 g/mol. The highest BCUT2D eigenvalue weighted by molar-refractivity contribution is 5.84.